The normalized spacial score (nSPS) is 27.1. The van der Waals surface area contributed by atoms with Crippen LogP contribution in [0.25, 0.3) is 0 Å². The molecule has 98 heavy (non-hydrogen) atoms. The Hall–Kier alpha value is -5.36. The van der Waals surface area contributed by atoms with Gasteiger partial charge in [-0.2, -0.15) is 8.42 Å². The minimum atomic E-state index is -3.51. The average molecular weight is 1390 g/mol. The molecule has 9 saturated carbocycles. The second-order valence-corrected chi connectivity index (χ2v) is 32.9. The van der Waals surface area contributed by atoms with Crippen LogP contribution in [0.3, 0.4) is 0 Å². The van der Waals surface area contributed by atoms with E-state index in [2.05, 4.69) is 86.3 Å². The van der Waals surface area contributed by atoms with E-state index in [9.17, 15) is 42.0 Å². The molecule has 1 N–H and O–H groups in total. The van der Waals surface area contributed by atoms with Gasteiger partial charge in [0.05, 0.1) is 5.25 Å². The van der Waals surface area contributed by atoms with Crippen LogP contribution in [0, 0.1) is 40.9 Å². The summed E-state index contributed by atoms with van der Waals surface area (Å²) >= 11 is 0. The molecule has 0 aromatic carbocycles. The molecule has 1 aliphatic heterocycles. The zero-order valence-corrected chi connectivity index (χ0v) is 64.1. The van der Waals surface area contributed by atoms with Gasteiger partial charge in [0.15, 0.2) is 0 Å². The van der Waals surface area contributed by atoms with Crippen LogP contribution in [0.5, 0.6) is 0 Å². The van der Waals surface area contributed by atoms with Crippen LogP contribution in [-0.2, 0) is 76.3 Å². The van der Waals surface area contributed by atoms with E-state index in [-0.39, 0.29) is 81.6 Å². The topological polar surface area (TPSA) is 230 Å². The molecule has 6 unspecified atom stereocenters. The number of hydrogen-bond acceptors (Lipinski definition) is 16. The number of ether oxygens (including phenoxy) is 6. The number of nitrogens with one attached hydrogen (secondary N) is 1. The molecule has 18 heteroatoms. The molecule has 9 aliphatic carbocycles. The molecule has 6 atom stereocenters. The van der Waals surface area contributed by atoms with E-state index in [0.717, 1.165) is 94.8 Å². The fourth-order valence-electron chi connectivity index (χ4n) is 16.8. The molecule has 10 aliphatic rings. The predicted octanol–water partition coefficient (Wildman–Crippen LogP) is 17.6. The lowest BCUT2D eigenvalue weighted by atomic mass is 9.45. The smallest absolute Gasteiger partial charge is 0.333 e. The lowest BCUT2D eigenvalue weighted by Crippen LogP contribution is -2.58. The minimum Gasteiger partial charge on any atom is -0.458 e. The van der Waals surface area contributed by atoms with Crippen molar-refractivity contribution in [1.29, 1.82) is 0 Å². The summed E-state index contributed by atoms with van der Waals surface area (Å²) in [4.78, 5) is 81.1. The highest BCUT2D eigenvalue weighted by Crippen LogP contribution is 2.65. The zero-order valence-electron chi connectivity index (χ0n) is 63.3. The number of fused-ring (bicyclic) bond motifs is 1. The minimum absolute atomic E-state index is 0.0306. The monoisotopic (exact) mass is 1390 g/mol. The maximum atomic E-state index is 12.1. The van der Waals surface area contributed by atoms with Crippen molar-refractivity contribution in [1.82, 2.24) is 5.32 Å². The van der Waals surface area contributed by atoms with Gasteiger partial charge in [0.25, 0.3) is 10.1 Å². The molecule has 1 amide bonds. The Bertz CT molecular complexity index is 2890. The van der Waals surface area contributed by atoms with E-state index in [0.29, 0.717) is 52.2 Å². The number of amides is 1. The fraction of sp³-hybridized carbons (Fsp3) is 0.762. The van der Waals surface area contributed by atoms with Crippen molar-refractivity contribution < 1.29 is 74.6 Å². The summed E-state index contributed by atoms with van der Waals surface area (Å²) in [6, 6.07) is 0. The molecule has 17 nitrogen and oxygen atoms in total. The molecule has 0 spiro atoms. The van der Waals surface area contributed by atoms with Gasteiger partial charge >= 0.3 is 35.8 Å². The number of rotatable bonds is 22. The van der Waals surface area contributed by atoms with Crippen molar-refractivity contribution >= 4 is 51.8 Å². The number of carbonyl (C=O) groups is 7. The van der Waals surface area contributed by atoms with E-state index in [1.54, 1.807) is 34.6 Å². The molecule has 0 aromatic rings. The van der Waals surface area contributed by atoms with Gasteiger partial charge < -0.3 is 33.7 Å². The third kappa shape index (κ3) is 22.8. The number of esters is 6. The van der Waals surface area contributed by atoms with E-state index < -0.39 is 39.5 Å². The van der Waals surface area contributed by atoms with Gasteiger partial charge in [0, 0.05) is 50.7 Å². The van der Waals surface area contributed by atoms with E-state index in [1.165, 1.54) is 110 Å². The second kappa shape index (κ2) is 37.5. The fourth-order valence-corrected chi connectivity index (χ4v) is 18.7. The van der Waals surface area contributed by atoms with Gasteiger partial charge in [-0.1, -0.05) is 121 Å². The van der Waals surface area contributed by atoms with Crippen molar-refractivity contribution in [3.8, 4) is 0 Å². The summed E-state index contributed by atoms with van der Waals surface area (Å²) in [6.07, 6.45) is 31.8. The lowest BCUT2D eigenvalue weighted by Gasteiger charge is -2.62. The zero-order chi connectivity index (χ0) is 73.8. The molecule has 0 radical (unpaired) electrons. The Morgan fingerprint density at radius 3 is 1.28 bits per heavy atom. The Kier molecular flexibility index (Phi) is 32.6. The van der Waals surface area contributed by atoms with Crippen molar-refractivity contribution in [3.63, 3.8) is 0 Å². The van der Waals surface area contributed by atoms with Crippen molar-refractivity contribution in [2.75, 3.05) is 6.54 Å². The number of hydrogen-bond donors (Lipinski definition) is 1. The molecular formula is C80H129NO16S. The first-order valence-electron chi connectivity index (χ1n) is 37.3. The third-order valence-corrected chi connectivity index (χ3v) is 25.1. The Labute approximate surface area is 591 Å². The molecule has 556 valence electrons. The van der Waals surface area contributed by atoms with Crippen molar-refractivity contribution in [2.45, 2.75) is 342 Å². The molecule has 1 saturated heterocycles. The van der Waals surface area contributed by atoms with Crippen LogP contribution >= 0.6 is 0 Å². The summed E-state index contributed by atoms with van der Waals surface area (Å²) in [7, 11) is -3.51. The molecule has 10 fully saturated rings. The van der Waals surface area contributed by atoms with Crippen LogP contribution in [0.15, 0.2) is 72.9 Å². The summed E-state index contributed by atoms with van der Waals surface area (Å²) in [6.45, 7) is 50.4. The van der Waals surface area contributed by atoms with Crippen molar-refractivity contribution in [2.24, 2.45) is 40.9 Å². The first-order valence-corrected chi connectivity index (χ1v) is 38.8. The van der Waals surface area contributed by atoms with Crippen LogP contribution in [0.2, 0.25) is 0 Å². The van der Waals surface area contributed by atoms with E-state index in [1.807, 2.05) is 20.8 Å². The molecule has 10 rings (SSSR count). The highest BCUT2D eigenvalue weighted by molar-refractivity contribution is 7.87. The van der Waals surface area contributed by atoms with Gasteiger partial charge in [0.1, 0.15) is 46.8 Å². The summed E-state index contributed by atoms with van der Waals surface area (Å²) in [5.41, 5.74) is 1.84. The average Bonchev–Trinajstić information content (AvgIpc) is 1.59. The summed E-state index contributed by atoms with van der Waals surface area (Å²) < 4.78 is 62.2. The summed E-state index contributed by atoms with van der Waals surface area (Å²) in [5, 5.41) is 1.95. The maximum Gasteiger partial charge on any atom is 0.333 e. The van der Waals surface area contributed by atoms with Crippen LogP contribution in [-0.4, -0.2) is 102 Å². The van der Waals surface area contributed by atoms with Gasteiger partial charge in [-0.25, -0.2) is 24.0 Å². The second-order valence-electron chi connectivity index (χ2n) is 31.1. The van der Waals surface area contributed by atoms with Gasteiger partial charge in [-0.3, -0.25) is 13.8 Å². The Morgan fingerprint density at radius 2 is 0.898 bits per heavy atom. The largest absolute Gasteiger partial charge is 0.458 e. The molecule has 0 aromatic heterocycles. The Balaban J connectivity index is 0.000000253. The third-order valence-electron chi connectivity index (χ3n) is 23.3. The summed E-state index contributed by atoms with van der Waals surface area (Å²) in [5.74, 6) is 0.847. The highest BCUT2D eigenvalue weighted by Gasteiger charge is 2.65. The van der Waals surface area contributed by atoms with Gasteiger partial charge in [0.2, 0.25) is 5.91 Å². The SMILES string of the molecule is C=C(C)C(=O)NCC(=O)OC1C2CC3C1OS(=O)(=O)C3C2.C=C(C)C(=O)OC(C)(CC)C12CC3CC(CC(C3)C1)C2.C=C(C)C(=O)OC(CC)(CC)CC.C=C(C)C(=O)OC1(C(C)C)CCCC1.C=C(C)C(=O)OC1(CC)CCCCC1.C=C(C)C(=O)OC1(CC)CCCCCCC1. The quantitative estimate of drug-likeness (QED) is 0.0460. The van der Waals surface area contributed by atoms with Crippen LogP contribution < -0.4 is 5.32 Å². The predicted molar refractivity (Wildman–Crippen MR) is 386 cm³/mol. The molecule has 1 heterocycles. The first-order chi connectivity index (χ1) is 45.8. The molecular weight excluding hydrogens is 1260 g/mol. The van der Waals surface area contributed by atoms with E-state index >= 15 is 0 Å². The molecule has 6 bridgehead atoms. The van der Waals surface area contributed by atoms with Crippen LogP contribution in [0.4, 0.5) is 0 Å². The van der Waals surface area contributed by atoms with Crippen molar-refractivity contribution in [3.05, 3.63) is 72.9 Å². The standard InChI is InChI=1S/C18H28O2.C14H24O2.C13H17NO6S.2C12H20O2.C11H20O2/c1-5-17(4,20-16(19)12(2)3)18-9-13-6-14(10-18)8-15(7-13)11-18;1-4-14(16-13(15)12(2)3)10-8-6-5-7-9-11-14;1-6(2)13(16)14-5-10(15)19-11-7-3-8-9(4-7)21(17,18)20-12(8)11;1-9(2)11(13)14-12(10(3)4)7-5-6-8-12;1-4-12(8-6-5-7-9-12)14-11(13)10(2)3;1-6-11(7-2,8-3)13-10(12)9(4)5/h13-15H,2,5-11H2,1,3-4H3;2,4-11H2,1,3H3;7-9,11-12H,1,3-5H2,2H3,(H,14,16);10H,1,5-8H2,2-4H3;2,4-9H2,1,3H3;4,6-8H2,1-3,5H3. The first kappa shape index (κ1) is 85.1. The highest BCUT2D eigenvalue weighted by atomic mass is 32.2. The van der Waals surface area contributed by atoms with Gasteiger partial charge in [-0.05, 0) is 239 Å². The lowest BCUT2D eigenvalue weighted by molar-refractivity contribution is -0.201. The van der Waals surface area contributed by atoms with Crippen LogP contribution in [0.1, 0.15) is 296 Å². The maximum absolute atomic E-state index is 12.1. The number of carbonyl (C=O) groups excluding carboxylic acids is 7. The van der Waals surface area contributed by atoms with E-state index in [4.69, 9.17) is 32.6 Å². The Morgan fingerprint density at radius 1 is 0.510 bits per heavy atom. The van der Waals surface area contributed by atoms with Gasteiger partial charge in [-0.15, -0.1) is 0 Å².